The van der Waals surface area contributed by atoms with Crippen molar-refractivity contribution in [3.05, 3.63) is 51.7 Å². The van der Waals surface area contributed by atoms with E-state index in [9.17, 15) is 0 Å². The monoisotopic (exact) mass is 421 g/mol. The fourth-order valence-electron chi connectivity index (χ4n) is 2.17. The summed E-state index contributed by atoms with van der Waals surface area (Å²) in [6.45, 7) is 2.57. The molecule has 112 valence electrons. The van der Waals surface area contributed by atoms with Gasteiger partial charge in [0.05, 0.1) is 17.8 Å². The normalized spacial score (nSPS) is 10.7. The van der Waals surface area contributed by atoms with E-state index in [0.29, 0.717) is 6.61 Å². The molecule has 4 nitrogen and oxygen atoms in total. The zero-order valence-electron chi connectivity index (χ0n) is 11.8. The number of anilines is 2. The van der Waals surface area contributed by atoms with E-state index in [1.165, 1.54) is 0 Å². The maximum Gasteiger partial charge on any atom is 0.142 e. The van der Waals surface area contributed by atoms with Crippen LogP contribution < -0.4 is 10.1 Å². The van der Waals surface area contributed by atoms with E-state index in [1.54, 1.807) is 6.33 Å². The minimum atomic E-state index is 0.611. The molecule has 0 aliphatic heterocycles. The summed E-state index contributed by atoms with van der Waals surface area (Å²) in [5.74, 6) is 1.53. The third kappa shape index (κ3) is 3.08. The van der Waals surface area contributed by atoms with Crippen molar-refractivity contribution >= 4 is 54.3 Å². The predicted molar refractivity (Wildman–Crippen MR) is 95.8 cm³/mol. The van der Waals surface area contributed by atoms with Crippen LogP contribution in [0, 0.1) is 0 Å². The molecular weight excluding hydrogens is 410 g/mol. The summed E-state index contributed by atoms with van der Waals surface area (Å²) in [6.07, 6.45) is 1.55. The maximum atomic E-state index is 5.64. The van der Waals surface area contributed by atoms with Crippen molar-refractivity contribution in [2.24, 2.45) is 0 Å². The van der Waals surface area contributed by atoms with E-state index in [2.05, 4.69) is 47.1 Å². The van der Waals surface area contributed by atoms with Crippen molar-refractivity contribution in [1.29, 1.82) is 0 Å². The minimum Gasteiger partial charge on any atom is -0.492 e. The van der Waals surface area contributed by atoms with Crippen molar-refractivity contribution in [3.8, 4) is 5.75 Å². The van der Waals surface area contributed by atoms with Gasteiger partial charge in [0.1, 0.15) is 17.9 Å². The van der Waals surface area contributed by atoms with Gasteiger partial charge >= 0.3 is 0 Å². The average Bonchev–Trinajstić information content (AvgIpc) is 2.50. The lowest BCUT2D eigenvalue weighted by atomic mass is 10.2. The SMILES string of the molecule is CCOc1ccccc1Nc1ncnc2c(Br)cc(Br)cc12. The van der Waals surface area contributed by atoms with Gasteiger partial charge in [0, 0.05) is 14.3 Å². The number of benzene rings is 2. The third-order valence-electron chi connectivity index (χ3n) is 3.10. The van der Waals surface area contributed by atoms with Gasteiger partial charge in [0.2, 0.25) is 0 Å². The first kappa shape index (κ1) is 15.2. The number of halogens is 2. The fraction of sp³-hybridized carbons (Fsp3) is 0.125. The molecule has 0 radical (unpaired) electrons. The Balaban J connectivity index is 2.08. The smallest absolute Gasteiger partial charge is 0.142 e. The molecule has 2 aromatic carbocycles. The molecule has 0 atom stereocenters. The van der Waals surface area contributed by atoms with Crippen LogP contribution in [-0.2, 0) is 0 Å². The Kier molecular flexibility index (Phi) is 4.59. The molecule has 0 saturated heterocycles. The lowest BCUT2D eigenvalue weighted by Crippen LogP contribution is -2.00. The molecular formula is C16H13Br2N3O. The van der Waals surface area contributed by atoms with Gasteiger partial charge in [-0.3, -0.25) is 0 Å². The van der Waals surface area contributed by atoms with E-state index >= 15 is 0 Å². The van der Waals surface area contributed by atoms with E-state index in [-0.39, 0.29) is 0 Å². The molecule has 1 N–H and O–H groups in total. The number of nitrogens with zero attached hydrogens (tertiary/aromatic N) is 2. The molecule has 1 heterocycles. The van der Waals surface area contributed by atoms with Crippen LogP contribution in [0.2, 0.25) is 0 Å². The minimum absolute atomic E-state index is 0.611. The number of hydrogen-bond donors (Lipinski definition) is 1. The third-order valence-corrected chi connectivity index (χ3v) is 4.16. The number of para-hydroxylation sites is 2. The summed E-state index contributed by atoms with van der Waals surface area (Å²) in [4.78, 5) is 8.70. The second kappa shape index (κ2) is 6.62. The molecule has 3 rings (SSSR count). The van der Waals surface area contributed by atoms with E-state index in [0.717, 1.165) is 37.1 Å². The van der Waals surface area contributed by atoms with Crippen molar-refractivity contribution in [3.63, 3.8) is 0 Å². The van der Waals surface area contributed by atoms with Crippen LogP contribution in [0.4, 0.5) is 11.5 Å². The zero-order valence-corrected chi connectivity index (χ0v) is 15.0. The van der Waals surface area contributed by atoms with Gasteiger partial charge in [-0.15, -0.1) is 0 Å². The zero-order chi connectivity index (χ0) is 15.5. The van der Waals surface area contributed by atoms with Gasteiger partial charge in [-0.05, 0) is 47.1 Å². The summed E-state index contributed by atoms with van der Waals surface area (Å²) >= 11 is 7.04. The van der Waals surface area contributed by atoms with Gasteiger partial charge < -0.3 is 10.1 Å². The Bertz CT molecular complexity index is 824. The van der Waals surface area contributed by atoms with Gasteiger partial charge in [-0.2, -0.15) is 0 Å². The van der Waals surface area contributed by atoms with Gasteiger partial charge in [-0.25, -0.2) is 9.97 Å². The Morgan fingerprint density at radius 2 is 1.95 bits per heavy atom. The van der Waals surface area contributed by atoms with Crippen LogP contribution in [0.15, 0.2) is 51.7 Å². The predicted octanol–water partition coefficient (Wildman–Crippen LogP) is 5.30. The number of rotatable bonds is 4. The molecule has 0 aliphatic rings. The highest BCUT2D eigenvalue weighted by Crippen LogP contribution is 2.33. The van der Waals surface area contributed by atoms with Crippen LogP contribution in [0.3, 0.4) is 0 Å². The van der Waals surface area contributed by atoms with Gasteiger partial charge in [0.25, 0.3) is 0 Å². The van der Waals surface area contributed by atoms with E-state index in [1.807, 2.05) is 43.3 Å². The maximum absolute atomic E-state index is 5.64. The molecule has 0 amide bonds. The molecule has 3 aromatic rings. The number of aromatic nitrogens is 2. The summed E-state index contributed by atoms with van der Waals surface area (Å²) in [7, 11) is 0. The molecule has 1 aromatic heterocycles. The summed E-state index contributed by atoms with van der Waals surface area (Å²) < 4.78 is 7.52. The Morgan fingerprint density at radius 1 is 1.14 bits per heavy atom. The molecule has 0 bridgehead atoms. The largest absolute Gasteiger partial charge is 0.492 e. The number of fused-ring (bicyclic) bond motifs is 1. The van der Waals surface area contributed by atoms with Crippen molar-refractivity contribution in [1.82, 2.24) is 9.97 Å². The number of ether oxygens (including phenoxy) is 1. The fourth-order valence-corrected chi connectivity index (χ4v) is 3.50. The van der Waals surface area contributed by atoms with Crippen molar-refractivity contribution < 1.29 is 4.74 Å². The Hall–Kier alpha value is -1.66. The first-order chi connectivity index (χ1) is 10.7. The van der Waals surface area contributed by atoms with E-state index < -0.39 is 0 Å². The molecule has 6 heteroatoms. The first-order valence-corrected chi connectivity index (χ1v) is 8.36. The lowest BCUT2D eigenvalue weighted by molar-refractivity contribution is 0.342. The number of nitrogens with one attached hydrogen (secondary N) is 1. The van der Waals surface area contributed by atoms with Crippen LogP contribution >= 0.6 is 31.9 Å². The Labute approximate surface area is 145 Å². The van der Waals surface area contributed by atoms with Crippen molar-refractivity contribution in [2.45, 2.75) is 6.92 Å². The number of hydrogen-bond acceptors (Lipinski definition) is 4. The quantitative estimate of drug-likeness (QED) is 0.619. The topological polar surface area (TPSA) is 47.0 Å². The highest BCUT2D eigenvalue weighted by Gasteiger charge is 2.10. The van der Waals surface area contributed by atoms with Gasteiger partial charge in [0.15, 0.2) is 0 Å². The van der Waals surface area contributed by atoms with Gasteiger partial charge in [-0.1, -0.05) is 28.1 Å². The lowest BCUT2D eigenvalue weighted by Gasteiger charge is -2.13. The van der Waals surface area contributed by atoms with E-state index in [4.69, 9.17) is 4.74 Å². The van der Waals surface area contributed by atoms with Crippen LogP contribution in [0.5, 0.6) is 5.75 Å². The summed E-state index contributed by atoms with van der Waals surface area (Å²) in [6, 6.07) is 11.8. The molecule has 0 aliphatic carbocycles. The van der Waals surface area contributed by atoms with Crippen molar-refractivity contribution in [2.75, 3.05) is 11.9 Å². The average molecular weight is 423 g/mol. The highest BCUT2D eigenvalue weighted by molar-refractivity contribution is 9.11. The van der Waals surface area contributed by atoms with Crippen LogP contribution in [-0.4, -0.2) is 16.6 Å². The van der Waals surface area contributed by atoms with Crippen LogP contribution in [0.25, 0.3) is 10.9 Å². The highest BCUT2D eigenvalue weighted by atomic mass is 79.9. The molecule has 0 unspecified atom stereocenters. The standard InChI is InChI=1S/C16H13Br2N3O/c1-2-22-14-6-4-3-5-13(14)21-16-11-7-10(17)8-12(18)15(11)19-9-20-16/h3-9H,2H2,1H3,(H,19,20,21). The van der Waals surface area contributed by atoms with Crippen LogP contribution in [0.1, 0.15) is 6.92 Å². The first-order valence-electron chi connectivity index (χ1n) is 6.77. The molecule has 0 fully saturated rings. The summed E-state index contributed by atoms with van der Waals surface area (Å²) in [5.41, 5.74) is 1.73. The molecule has 0 saturated carbocycles. The summed E-state index contributed by atoms with van der Waals surface area (Å²) in [5, 5.41) is 4.26. The second-order valence-corrected chi connectivity index (χ2v) is 6.33. The second-order valence-electron chi connectivity index (χ2n) is 4.56. The molecule has 22 heavy (non-hydrogen) atoms. The molecule has 0 spiro atoms. The Morgan fingerprint density at radius 3 is 2.77 bits per heavy atom.